The van der Waals surface area contributed by atoms with Crippen molar-refractivity contribution < 1.29 is 13.2 Å². The number of rotatable bonds is 8. The molecular weight excluding hydrogens is 429 g/mol. The van der Waals surface area contributed by atoms with Gasteiger partial charge in [0, 0.05) is 18.8 Å². The zero-order valence-electron chi connectivity index (χ0n) is 17.0. The van der Waals surface area contributed by atoms with Gasteiger partial charge in [0.25, 0.3) is 0 Å². The monoisotopic (exact) mass is 450 g/mol. The molecule has 10 heteroatoms. The Labute approximate surface area is 183 Å². The van der Waals surface area contributed by atoms with E-state index in [0.29, 0.717) is 35.4 Å². The number of alkyl halides is 3. The number of hydrogen-bond donors (Lipinski definition) is 2. The van der Waals surface area contributed by atoms with Gasteiger partial charge in [-0.25, -0.2) is 4.98 Å². The minimum absolute atomic E-state index is 0.0617. The molecule has 2 aromatic heterocycles. The van der Waals surface area contributed by atoms with Crippen LogP contribution in [0.2, 0.25) is 5.02 Å². The van der Waals surface area contributed by atoms with E-state index in [2.05, 4.69) is 30.5 Å². The molecule has 0 saturated heterocycles. The molecule has 0 unspecified atom stereocenters. The van der Waals surface area contributed by atoms with Crippen molar-refractivity contribution >= 4 is 29.1 Å². The molecule has 0 aliphatic carbocycles. The van der Waals surface area contributed by atoms with Crippen molar-refractivity contribution in [3.8, 4) is 11.4 Å². The Balaban J connectivity index is 1.87. The fourth-order valence-electron chi connectivity index (χ4n) is 2.76. The summed E-state index contributed by atoms with van der Waals surface area (Å²) < 4.78 is 38.7. The zero-order valence-corrected chi connectivity index (χ0v) is 17.8. The van der Waals surface area contributed by atoms with Crippen LogP contribution in [0.4, 0.5) is 30.6 Å². The van der Waals surface area contributed by atoms with Crippen molar-refractivity contribution in [1.82, 2.24) is 19.9 Å². The molecule has 31 heavy (non-hydrogen) atoms. The second-order valence-corrected chi connectivity index (χ2v) is 7.49. The number of benzene rings is 1. The van der Waals surface area contributed by atoms with Crippen LogP contribution in [-0.4, -0.2) is 47.0 Å². The number of halogens is 4. The topological polar surface area (TPSA) is 66.0 Å². The van der Waals surface area contributed by atoms with E-state index in [4.69, 9.17) is 11.6 Å². The summed E-state index contributed by atoms with van der Waals surface area (Å²) in [5.74, 6) is 0.764. The minimum Gasteiger partial charge on any atom is -0.354 e. The van der Waals surface area contributed by atoms with Crippen molar-refractivity contribution in [1.29, 1.82) is 0 Å². The third-order valence-corrected chi connectivity index (χ3v) is 4.59. The van der Waals surface area contributed by atoms with Crippen LogP contribution in [0, 0.1) is 0 Å². The van der Waals surface area contributed by atoms with Crippen LogP contribution in [0.25, 0.3) is 11.4 Å². The molecule has 2 N–H and O–H groups in total. The van der Waals surface area contributed by atoms with Crippen LogP contribution in [0.5, 0.6) is 0 Å². The summed E-state index contributed by atoms with van der Waals surface area (Å²) in [7, 11) is 3.99. The van der Waals surface area contributed by atoms with E-state index < -0.39 is 11.7 Å². The second-order valence-electron chi connectivity index (χ2n) is 7.08. The fraction of sp³-hybridized carbons (Fsp3) is 0.286. The van der Waals surface area contributed by atoms with E-state index in [-0.39, 0.29) is 5.02 Å². The van der Waals surface area contributed by atoms with Gasteiger partial charge < -0.3 is 15.5 Å². The van der Waals surface area contributed by atoms with Crippen molar-refractivity contribution in [2.45, 2.75) is 12.6 Å². The summed E-state index contributed by atoms with van der Waals surface area (Å²) in [6, 6.07) is 10.2. The molecule has 2 heterocycles. The maximum Gasteiger partial charge on any atom is 0.416 e. The summed E-state index contributed by atoms with van der Waals surface area (Å²) >= 11 is 6.08. The van der Waals surface area contributed by atoms with Gasteiger partial charge in [0.1, 0.15) is 5.82 Å². The lowest BCUT2D eigenvalue weighted by molar-refractivity contribution is -0.137. The average molecular weight is 451 g/mol. The first-order chi connectivity index (χ1) is 14.7. The molecule has 0 aliphatic rings. The SMILES string of the molecule is CN(C)CCCNc1nc(Nc2ccc(C(F)(F)F)cc2Cl)cc(-c2ccccn2)n1. The molecule has 0 fully saturated rings. The maximum atomic E-state index is 12.9. The van der Waals surface area contributed by atoms with Crippen LogP contribution in [0.15, 0.2) is 48.7 Å². The van der Waals surface area contributed by atoms with Gasteiger partial charge in [0.05, 0.1) is 27.7 Å². The van der Waals surface area contributed by atoms with Gasteiger partial charge in [-0.3, -0.25) is 4.98 Å². The summed E-state index contributed by atoms with van der Waals surface area (Å²) in [5.41, 5.74) is 0.695. The number of nitrogens with zero attached hydrogens (tertiary/aromatic N) is 4. The lowest BCUT2D eigenvalue weighted by Crippen LogP contribution is -2.17. The second kappa shape index (κ2) is 9.93. The number of nitrogens with one attached hydrogen (secondary N) is 2. The predicted octanol–water partition coefficient (Wildman–Crippen LogP) is 5.32. The third-order valence-electron chi connectivity index (χ3n) is 4.28. The first kappa shape index (κ1) is 22.8. The number of aromatic nitrogens is 3. The maximum absolute atomic E-state index is 12.9. The summed E-state index contributed by atoms with van der Waals surface area (Å²) in [4.78, 5) is 15.3. The molecule has 0 saturated carbocycles. The smallest absolute Gasteiger partial charge is 0.354 e. The highest BCUT2D eigenvalue weighted by Gasteiger charge is 2.30. The van der Waals surface area contributed by atoms with Crippen molar-refractivity contribution in [3.63, 3.8) is 0 Å². The Kier molecular flexibility index (Phi) is 7.29. The van der Waals surface area contributed by atoms with Gasteiger partial charge in [-0.15, -0.1) is 0 Å². The van der Waals surface area contributed by atoms with Crippen LogP contribution in [0.3, 0.4) is 0 Å². The minimum atomic E-state index is -4.47. The molecule has 0 atom stereocenters. The molecule has 0 bridgehead atoms. The van der Waals surface area contributed by atoms with E-state index in [1.54, 1.807) is 18.3 Å². The van der Waals surface area contributed by atoms with Gasteiger partial charge in [0.2, 0.25) is 5.95 Å². The first-order valence-electron chi connectivity index (χ1n) is 9.55. The summed E-state index contributed by atoms with van der Waals surface area (Å²) in [6.07, 6.45) is -1.92. The number of anilines is 3. The molecule has 0 spiro atoms. The van der Waals surface area contributed by atoms with Crippen LogP contribution in [0.1, 0.15) is 12.0 Å². The molecule has 0 aliphatic heterocycles. The molecule has 3 aromatic rings. The fourth-order valence-corrected chi connectivity index (χ4v) is 2.99. The van der Waals surface area contributed by atoms with E-state index in [9.17, 15) is 13.2 Å². The Morgan fingerprint density at radius 2 is 1.84 bits per heavy atom. The van der Waals surface area contributed by atoms with Gasteiger partial charge in [-0.2, -0.15) is 18.2 Å². The van der Waals surface area contributed by atoms with Crippen molar-refractivity contribution in [3.05, 3.63) is 59.2 Å². The van der Waals surface area contributed by atoms with E-state index in [1.807, 2.05) is 26.2 Å². The third kappa shape index (κ3) is 6.53. The number of hydrogen-bond acceptors (Lipinski definition) is 6. The average Bonchev–Trinajstić information content (AvgIpc) is 2.72. The van der Waals surface area contributed by atoms with E-state index in [1.165, 1.54) is 6.07 Å². The standard InChI is InChI=1S/C21H22ClF3N6/c1-31(2)11-5-10-27-20-29-18(17-6-3-4-9-26-17)13-19(30-20)28-16-8-7-14(12-15(16)22)21(23,24)25/h3-4,6-9,12-13H,5,10-11H2,1-2H3,(H2,27,28,29,30). The lowest BCUT2D eigenvalue weighted by Gasteiger charge is -2.14. The first-order valence-corrected chi connectivity index (χ1v) is 9.93. The molecule has 164 valence electrons. The highest BCUT2D eigenvalue weighted by atomic mass is 35.5. The van der Waals surface area contributed by atoms with Gasteiger partial charge in [0.15, 0.2) is 0 Å². The van der Waals surface area contributed by atoms with Crippen molar-refractivity contribution in [2.24, 2.45) is 0 Å². The van der Waals surface area contributed by atoms with Crippen LogP contribution >= 0.6 is 11.6 Å². The molecule has 6 nitrogen and oxygen atoms in total. The highest BCUT2D eigenvalue weighted by Crippen LogP contribution is 2.35. The quantitative estimate of drug-likeness (QED) is 0.453. The molecular formula is C21H22ClF3N6. The molecule has 3 rings (SSSR count). The zero-order chi connectivity index (χ0) is 22.4. The molecule has 1 aromatic carbocycles. The largest absolute Gasteiger partial charge is 0.416 e. The summed E-state index contributed by atoms with van der Waals surface area (Å²) in [6.45, 7) is 1.56. The Bertz CT molecular complexity index is 1010. The molecule has 0 radical (unpaired) electrons. The molecule has 0 amide bonds. The number of pyridine rings is 1. The normalized spacial score (nSPS) is 11.6. The van der Waals surface area contributed by atoms with E-state index in [0.717, 1.165) is 25.1 Å². The van der Waals surface area contributed by atoms with Gasteiger partial charge in [-0.05, 0) is 57.4 Å². The van der Waals surface area contributed by atoms with Crippen LogP contribution in [-0.2, 0) is 6.18 Å². The van der Waals surface area contributed by atoms with Crippen LogP contribution < -0.4 is 10.6 Å². The van der Waals surface area contributed by atoms with Gasteiger partial charge >= 0.3 is 6.18 Å². The predicted molar refractivity (Wildman–Crippen MR) is 117 cm³/mol. The Morgan fingerprint density at radius 3 is 2.48 bits per heavy atom. The summed E-state index contributed by atoms with van der Waals surface area (Å²) in [5, 5.41) is 6.10. The highest BCUT2D eigenvalue weighted by molar-refractivity contribution is 6.33. The van der Waals surface area contributed by atoms with Crippen molar-refractivity contribution in [2.75, 3.05) is 37.8 Å². The van der Waals surface area contributed by atoms with E-state index >= 15 is 0 Å². The van der Waals surface area contributed by atoms with Gasteiger partial charge in [-0.1, -0.05) is 17.7 Å². The Morgan fingerprint density at radius 1 is 1.03 bits per heavy atom. The Hall–Kier alpha value is -2.91. The lowest BCUT2D eigenvalue weighted by atomic mass is 10.2.